The monoisotopic (exact) mass is 667 g/mol. The van der Waals surface area contributed by atoms with Gasteiger partial charge in [-0.1, -0.05) is 31.2 Å². The van der Waals surface area contributed by atoms with Gasteiger partial charge in [-0.15, -0.1) is 0 Å². The quantitative estimate of drug-likeness (QED) is 0.188. The number of aliphatic hydroxyl groups is 1. The molecule has 0 fully saturated rings. The van der Waals surface area contributed by atoms with E-state index >= 15 is 4.39 Å². The number of hydrogen-bond donors (Lipinski definition) is 2. The average molecular weight is 668 g/mol. The Kier molecular flexibility index (Phi) is 10.4. The van der Waals surface area contributed by atoms with Gasteiger partial charge in [0, 0.05) is 40.7 Å². The van der Waals surface area contributed by atoms with E-state index in [0.717, 1.165) is 92.7 Å². The molecule has 0 radical (unpaired) electrons. The second-order valence-electron chi connectivity index (χ2n) is 13.6. The van der Waals surface area contributed by atoms with Crippen LogP contribution in [0, 0.1) is 26.6 Å². The highest BCUT2D eigenvalue weighted by Crippen LogP contribution is 2.40. The molecule has 0 saturated heterocycles. The van der Waals surface area contributed by atoms with Gasteiger partial charge in [-0.3, -0.25) is 9.48 Å². The summed E-state index contributed by atoms with van der Waals surface area (Å²) in [7, 11) is 1.97. The lowest BCUT2D eigenvalue weighted by atomic mass is 9.88. The zero-order valence-corrected chi connectivity index (χ0v) is 29.6. The highest BCUT2D eigenvalue weighted by molar-refractivity contribution is 5.82. The Balaban J connectivity index is 0.000000531. The molecular weight excluding hydrogens is 621 g/mol. The molecule has 0 spiro atoms. The van der Waals surface area contributed by atoms with Crippen LogP contribution in [0.25, 0.3) is 33.4 Å². The van der Waals surface area contributed by atoms with Crippen molar-refractivity contribution >= 4 is 28.6 Å². The first-order valence-corrected chi connectivity index (χ1v) is 16.7. The molecule has 2 N–H and O–H groups in total. The van der Waals surface area contributed by atoms with Gasteiger partial charge in [-0.25, -0.2) is 13.9 Å². The van der Waals surface area contributed by atoms with Gasteiger partial charge >= 0.3 is 0 Å². The summed E-state index contributed by atoms with van der Waals surface area (Å²) in [6.45, 7) is 13.9. The molecule has 49 heavy (non-hydrogen) atoms. The molecule has 0 saturated carbocycles. The van der Waals surface area contributed by atoms with Crippen molar-refractivity contribution in [2.45, 2.75) is 85.7 Å². The molecule has 5 aromatic rings. The van der Waals surface area contributed by atoms with Crippen LogP contribution in [0.5, 0.6) is 5.75 Å². The van der Waals surface area contributed by atoms with Gasteiger partial charge in [0.1, 0.15) is 0 Å². The molecule has 1 unspecified atom stereocenters. The Hall–Kier alpha value is -4.83. The summed E-state index contributed by atoms with van der Waals surface area (Å²) in [5, 5.41) is 26.2. The van der Waals surface area contributed by atoms with E-state index in [2.05, 4.69) is 62.3 Å². The Labute approximate surface area is 286 Å². The number of halogens is 1. The highest BCUT2D eigenvalue weighted by Gasteiger charge is 2.26. The maximum absolute atomic E-state index is 15.4. The van der Waals surface area contributed by atoms with E-state index in [1.807, 2.05) is 29.4 Å². The van der Waals surface area contributed by atoms with Crippen molar-refractivity contribution in [3.63, 3.8) is 0 Å². The minimum absolute atomic E-state index is 0.237. The second-order valence-corrected chi connectivity index (χ2v) is 13.6. The first-order valence-electron chi connectivity index (χ1n) is 16.7. The predicted octanol–water partition coefficient (Wildman–Crippen LogP) is 7.84. The van der Waals surface area contributed by atoms with E-state index in [-0.39, 0.29) is 18.2 Å². The number of allylic oxidation sites excluding steroid dienone is 4. The third kappa shape index (κ3) is 7.29. The van der Waals surface area contributed by atoms with E-state index in [4.69, 9.17) is 29.8 Å². The molecule has 7 rings (SSSR count). The van der Waals surface area contributed by atoms with E-state index in [1.165, 1.54) is 5.56 Å². The minimum atomic E-state index is -0.500. The third-order valence-corrected chi connectivity index (χ3v) is 8.88. The molecular formula is C39H46FN5O4. The Morgan fingerprint density at radius 3 is 2.55 bits per heavy atom. The largest absolute Gasteiger partial charge is 0.490 e. The standard InChI is InChI=1S/C34H34FN5O.C4H10O.CH2O2/c1-6-26-21(4)37-34-20(3)31(24-10-7-9-22(15-24)23-12-13-30-25(16-23)18-36-39(30)5)38-40(34)32(26)28-17-29(35)33-27(19(28)2)11-8-14-41-33;1-4(2,3)5;2-1-3/h7,10,12-13,15-18,22H,6,8-9,11,14H2,1-5H3;5H,1-3H3;1H,(H,2,3). The topological polar surface area (TPSA) is 115 Å². The fourth-order valence-corrected chi connectivity index (χ4v) is 6.66. The number of fused-ring (bicyclic) bond motifs is 3. The van der Waals surface area contributed by atoms with Gasteiger partial charge in [-0.2, -0.15) is 10.2 Å². The number of benzene rings is 2. The van der Waals surface area contributed by atoms with Crippen LogP contribution in [0.4, 0.5) is 4.39 Å². The smallest absolute Gasteiger partial charge is 0.290 e. The molecule has 1 aliphatic carbocycles. The van der Waals surface area contributed by atoms with Crippen molar-refractivity contribution in [2.75, 3.05) is 6.61 Å². The molecule has 0 bridgehead atoms. The molecule has 1 atom stereocenters. The number of ether oxygens (including phenoxy) is 1. The van der Waals surface area contributed by atoms with E-state index in [9.17, 15) is 0 Å². The van der Waals surface area contributed by atoms with Crippen molar-refractivity contribution in [3.05, 3.63) is 93.7 Å². The van der Waals surface area contributed by atoms with Crippen molar-refractivity contribution < 1.29 is 24.1 Å². The molecule has 3 aromatic heterocycles. The highest BCUT2D eigenvalue weighted by atomic mass is 19.1. The average Bonchev–Trinajstić information content (AvgIpc) is 3.60. The lowest BCUT2D eigenvalue weighted by Crippen LogP contribution is -2.13. The van der Waals surface area contributed by atoms with Crippen LogP contribution >= 0.6 is 0 Å². The Bertz CT molecular complexity index is 2080. The van der Waals surface area contributed by atoms with Crippen LogP contribution in [0.2, 0.25) is 0 Å². The summed E-state index contributed by atoms with van der Waals surface area (Å²) in [6.07, 6.45) is 12.1. The number of nitrogens with zero attached hydrogens (tertiary/aromatic N) is 5. The molecule has 4 heterocycles. The number of aryl methyl sites for hydroxylation is 3. The fraction of sp³-hybridized carbons (Fsp3) is 0.385. The SMILES string of the molecule is CC(C)(C)O.CCc1c(C)nc2c(C)c(C3=CC(c4ccc5c(cnn5C)c4)CC=C3)nn2c1-c1cc(F)c2c(c1C)CCCO2.O=CO. The van der Waals surface area contributed by atoms with E-state index in [1.54, 1.807) is 26.8 Å². The van der Waals surface area contributed by atoms with Gasteiger partial charge in [0.05, 0.1) is 35.3 Å². The maximum atomic E-state index is 15.4. The molecule has 0 amide bonds. The Morgan fingerprint density at radius 1 is 1.14 bits per heavy atom. The molecule has 2 aliphatic rings. The lowest BCUT2D eigenvalue weighted by molar-refractivity contribution is -0.122. The summed E-state index contributed by atoms with van der Waals surface area (Å²) < 4.78 is 25.0. The molecule has 2 aromatic carbocycles. The number of rotatable bonds is 4. The second kappa shape index (κ2) is 14.3. The normalized spacial score (nSPS) is 15.5. The van der Waals surface area contributed by atoms with Gasteiger partial charge in [-0.05, 0) is 108 Å². The molecule has 10 heteroatoms. The molecule has 1 aliphatic heterocycles. The predicted molar refractivity (Wildman–Crippen MR) is 192 cm³/mol. The molecule has 9 nitrogen and oxygen atoms in total. The van der Waals surface area contributed by atoms with E-state index in [0.29, 0.717) is 12.4 Å². The zero-order valence-electron chi connectivity index (χ0n) is 29.6. The summed E-state index contributed by atoms with van der Waals surface area (Å²) in [5.41, 5.74) is 11.6. The summed E-state index contributed by atoms with van der Waals surface area (Å²) in [6, 6.07) is 8.22. The van der Waals surface area contributed by atoms with Crippen LogP contribution in [-0.2, 0) is 24.7 Å². The lowest BCUT2D eigenvalue weighted by Gasteiger charge is -2.23. The van der Waals surface area contributed by atoms with Gasteiger partial charge < -0.3 is 14.9 Å². The van der Waals surface area contributed by atoms with E-state index < -0.39 is 5.60 Å². The van der Waals surface area contributed by atoms with Crippen molar-refractivity contribution in [1.29, 1.82) is 0 Å². The first kappa shape index (κ1) is 35.5. The summed E-state index contributed by atoms with van der Waals surface area (Å²) in [4.78, 5) is 13.4. The van der Waals surface area contributed by atoms with Crippen LogP contribution < -0.4 is 4.74 Å². The number of aromatic nitrogens is 5. The van der Waals surface area contributed by atoms with Gasteiger partial charge in [0.25, 0.3) is 6.47 Å². The third-order valence-electron chi connectivity index (χ3n) is 8.88. The fourth-order valence-electron chi connectivity index (χ4n) is 6.66. The summed E-state index contributed by atoms with van der Waals surface area (Å²) in [5.74, 6) is 0.338. The van der Waals surface area contributed by atoms with Crippen LogP contribution in [0.1, 0.15) is 85.7 Å². The van der Waals surface area contributed by atoms with Crippen molar-refractivity contribution in [2.24, 2.45) is 7.05 Å². The number of hydrogen-bond acceptors (Lipinski definition) is 6. The Morgan fingerprint density at radius 2 is 1.86 bits per heavy atom. The number of carbonyl (C=O) groups is 1. The molecule has 258 valence electrons. The summed E-state index contributed by atoms with van der Waals surface area (Å²) >= 11 is 0. The first-order chi connectivity index (χ1) is 23.3. The van der Waals surface area contributed by atoms with Gasteiger partial charge in [0.15, 0.2) is 17.2 Å². The minimum Gasteiger partial charge on any atom is -0.490 e. The van der Waals surface area contributed by atoms with Crippen LogP contribution in [-0.4, -0.2) is 53.3 Å². The van der Waals surface area contributed by atoms with Crippen LogP contribution in [0.3, 0.4) is 0 Å². The number of carboxylic acid groups (broad SMARTS) is 1. The van der Waals surface area contributed by atoms with Crippen molar-refractivity contribution in [1.82, 2.24) is 24.4 Å². The zero-order chi connectivity index (χ0) is 35.6. The maximum Gasteiger partial charge on any atom is 0.290 e. The van der Waals surface area contributed by atoms with Crippen molar-refractivity contribution in [3.8, 4) is 17.0 Å². The van der Waals surface area contributed by atoms with Crippen LogP contribution in [0.15, 0.2) is 48.7 Å². The van der Waals surface area contributed by atoms with Gasteiger partial charge in [0.2, 0.25) is 0 Å².